The Morgan fingerprint density at radius 1 is 1.69 bits per heavy atom. The maximum absolute atomic E-state index is 5.45. The van der Waals surface area contributed by atoms with Crippen molar-refractivity contribution < 1.29 is 4.74 Å². The summed E-state index contributed by atoms with van der Waals surface area (Å²) in [4.78, 5) is 0. The third-order valence-electron chi connectivity index (χ3n) is 2.43. The number of ether oxygens (including phenoxy) is 1. The molecule has 1 aromatic rings. The zero-order chi connectivity index (χ0) is 9.26. The van der Waals surface area contributed by atoms with Gasteiger partial charge in [0.05, 0.1) is 24.0 Å². The van der Waals surface area contributed by atoms with Gasteiger partial charge in [0, 0.05) is 19.9 Å². The summed E-state index contributed by atoms with van der Waals surface area (Å²) in [6.45, 7) is 2.96. The molecule has 0 unspecified atom stereocenters. The highest BCUT2D eigenvalue weighted by Crippen LogP contribution is 2.17. The normalized spacial score (nSPS) is 27.8. The van der Waals surface area contributed by atoms with Crippen molar-refractivity contribution in [2.75, 3.05) is 11.9 Å². The SMILES string of the molecule is C[C@H]1OCC[C@@H]1Nc1cnn(C)c1. The van der Waals surface area contributed by atoms with Gasteiger partial charge in [-0.1, -0.05) is 0 Å². The second kappa shape index (κ2) is 3.38. The van der Waals surface area contributed by atoms with E-state index in [1.165, 1.54) is 0 Å². The summed E-state index contributed by atoms with van der Waals surface area (Å²) >= 11 is 0. The molecule has 13 heavy (non-hydrogen) atoms. The molecule has 1 N–H and O–H groups in total. The Balaban J connectivity index is 1.97. The minimum absolute atomic E-state index is 0.306. The van der Waals surface area contributed by atoms with Gasteiger partial charge < -0.3 is 10.1 Å². The Morgan fingerprint density at radius 3 is 3.08 bits per heavy atom. The summed E-state index contributed by atoms with van der Waals surface area (Å²) in [6.07, 6.45) is 5.20. The molecule has 1 aliphatic heterocycles. The van der Waals surface area contributed by atoms with E-state index in [0.29, 0.717) is 12.1 Å². The molecule has 1 fully saturated rings. The van der Waals surface area contributed by atoms with E-state index < -0.39 is 0 Å². The van der Waals surface area contributed by atoms with Gasteiger partial charge in [0.2, 0.25) is 0 Å². The van der Waals surface area contributed by atoms with Crippen molar-refractivity contribution in [1.29, 1.82) is 0 Å². The molecule has 4 heteroatoms. The molecule has 0 aromatic carbocycles. The predicted molar refractivity (Wildman–Crippen MR) is 50.6 cm³/mol. The molecule has 1 aromatic heterocycles. The number of anilines is 1. The van der Waals surface area contributed by atoms with Crippen LogP contribution in [0.15, 0.2) is 12.4 Å². The van der Waals surface area contributed by atoms with Crippen molar-refractivity contribution in [2.45, 2.75) is 25.5 Å². The lowest BCUT2D eigenvalue weighted by Gasteiger charge is -2.15. The molecule has 1 aliphatic rings. The molecule has 0 bridgehead atoms. The lowest BCUT2D eigenvalue weighted by Crippen LogP contribution is -2.26. The summed E-state index contributed by atoms with van der Waals surface area (Å²) < 4.78 is 7.25. The van der Waals surface area contributed by atoms with E-state index in [2.05, 4.69) is 17.3 Å². The van der Waals surface area contributed by atoms with Crippen LogP contribution in [0.2, 0.25) is 0 Å². The third-order valence-corrected chi connectivity index (χ3v) is 2.43. The lowest BCUT2D eigenvalue weighted by atomic mass is 10.1. The summed E-state index contributed by atoms with van der Waals surface area (Å²) in [5.41, 5.74) is 1.07. The highest BCUT2D eigenvalue weighted by molar-refractivity contribution is 5.39. The fourth-order valence-electron chi connectivity index (χ4n) is 1.63. The van der Waals surface area contributed by atoms with Gasteiger partial charge in [0.1, 0.15) is 0 Å². The van der Waals surface area contributed by atoms with Crippen LogP contribution in [0.4, 0.5) is 5.69 Å². The summed E-state index contributed by atoms with van der Waals surface area (Å²) in [5.74, 6) is 0. The second-order valence-corrected chi connectivity index (χ2v) is 3.52. The first-order valence-electron chi connectivity index (χ1n) is 4.62. The van der Waals surface area contributed by atoms with Gasteiger partial charge >= 0.3 is 0 Å². The number of nitrogens with one attached hydrogen (secondary N) is 1. The van der Waals surface area contributed by atoms with Crippen LogP contribution in [0.25, 0.3) is 0 Å². The topological polar surface area (TPSA) is 39.1 Å². The zero-order valence-corrected chi connectivity index (χ0v) is 8.03. The van der Waals surface area contributed by atoms with Crippen LogP contribution in [-0.4, -0.2) is 28.5 Å². The van der Waals surface area contributed by atoms with Gasteiger partial charge in [0.25, 0.3) is 0 Å². The van der Waals surface area contributed by atoms with Gasteiger partial charge in [-0.2, -0.15) is 5.10 Å². The molecular weight excluding hydrogens is 166 g/mol. The van der Waals surface area contributed by atoms with Crippen LogP contribution >= 0.6 is 0 Å². The molecule has 2 atom stereocenters. The molecule has 0 spiro atoms. The molecule has 0 saturated carbocycles. The fraction of sp³-hybridized carbons (Fsp3) is 0.667. The first-order valence-corrected chi connectivity index (χ1v) is 4.62. The summed E-state index contributed by atoms with van der Waals surface area (Å²) in [6, 6.07) is 0.434. The maximum Gasteiger partial charge on any atom is 0.0748 e. The highest BCUT2D eigenvalue weighted by Gasteiger charge is 2.23. The van der Waals surface area contributed by atoms with E-state index >= 15 is 0 Å². The third kappa shape index (κ3) is 1.83. The largest absolute Gasteiger partial charge is 0.377 e. The first-order chi connectivity index (χ1) is 6.25. The standard InChI is InChI=1S/C9H15N3O/c1-7-9(3-4-13-7)11-8-5-10-12(2)6-8/h5-7,9,11H,3-4H2,1-2H3/t7-,9+/m1/s1. The molecule has 72 valence electrons. The predicted octanol–water partition coefficient (Wildman–Crippen LogP) is 1.01. The molecule has 4 nitrogen and oxygen atoms in total. The molecular formula is C9H15N3O. The molecule has 2 rings (SSSR count). The van der Waals surface area contributed by atoms with Gasteiger partial charge in [-0.05, 0) is 13.3 Å². The molecule has 1 saturated heterocycles. The lowest BCUT2D eigenvalue weighted by molar-refractivity contribution is 0.121. The van der Waals surface area contributed by atoms with Crippen molar-refractivity contribution >= 4 is 5.69 Å². The van der Waals surface area contributed by atoms with Crippen molar-refractivity contribution in [3.63, 3.8) is 0 Å². The molecule has 0 radical (unpaired) electrons. The van der Waals surface area contributed by atoms with Crippen molar-refractivity contribution in [3.8, 4) is 0 Å². The Morgan fingerprint density at radius 2 is 2.54 bits per heavy atom. The Labute approximate surface area is 77.9 Å². The van der Waals surface area contributed by atoms with Crippen LogP contribution in [0, 0.1) is 0 Å². The van der Waals surface area contributed by atoms with E-state index in [1.807, 2.05) is 19.4 Å². The van der Waals surface area contributed by atoms with Gasteiger partial charge in [0.15, 0.2) is 0 Å². The molecule has 0 amide bonds. The van der Waals surface area contributed by atoms with Crippen LogP contribution in [0.3, 0.4) is 0 Å². The number of aromatic nitrogens is 2. The van der Waals surface area contributed by atoms with E-state index in [0.717, 1.165) is 18.7 Å². The van der Waals surface area contributed by atoms with Crippen LogP contribution in [0.1, 0.15) is 13.3 Å². The van der Waals surface area contributed by atoms with Crippen molar-refractivity contribution in [1.82, 2.24) is 9.78 Å². The Bertz CT molecular complexity index is 284. The van der Waals surface area contributed by atoms with E-state index in [-0.39, 0.29) is 0 Å². The van der Waals surface area contributed by atoms with E-state index in [1.54, 1.807) is 4.68 Å². The smallest absolute Gasteiger partial charge is 0.0748 e. The van der Waals surface area contributed by atoms with Gasteiger partial charge in [-0.3, -0.25) is 4.68 Å². The van der Waals surface area contributed by atoms with E-state index in [4.69, 9.17) is 4.74 Å². The maximum atomic E-state index is 5.45. The zero-order valence-electron chi connectivity index (χ0n) is 8.03. The van der Waals surface area contributed by atoms with Crippen molar-refractivity contribution in [2.24, 2.45) is 7.05 Å². The van der Waals surface area contributed by atoms with Gasteiger partial charge in [-0.25, -0.2) is 0 Å². The fourth-order valence-corrected chi connectivity index (χ4v) is 1.63. The minimum atomic E-state index is 0.306. The summed E-state index contributed by atoms with van der Waals surface area (Å²) in [5, 5.41) is 7.50. The van der Waals surface area contributed by atoms with E-state index in [9.17, 15) is 0 Å². The Kier molecular flexibility index (Phi) is 2.22. The average Bonchev–Trinajstić information content (AvgIpc) is 2.64. The first kappa shape index (κ1) is 8.56. The average molecular weight is 181 g/mol. The quantitative estimate of drug-likeness (QED) is 0.740. The highest BCUT2D eigenvalue weighted by atomic mass is 16.5. The number of aryl methyl sites for hydroxylation is 1. The minimum Gasteiger partial charge on any atom is -0.377 e. The molecule has 2 heterocycles. The number of hydrogen-bond donors (Lipinski definition) is 1. The van der Waals surface area contributed by atoms with Crippen LogP contribution in [0.5, 0.6) is 0 Å². The van der Waals surface area contributed by atoms with Gasteiger partial charge in [-0.15, -0.1) is 0 Å². The van der Waals surface area contributed by atoms with Crippen LogP contribution < -0.4 is 5.32 Å². The second-order valence-electron chi connectivity index (χ2n) is 3.52. The monoisotopic (exact) mass is 181 g/mol. The summed E-state index contributed by atoms with van der Waals surface area (Å²) in [7, 11) is 1.92. The Hall–Kier alpha value is -1.03. The molecule has 0 aliphatic carbocycles. The number of hydrogen-bond acceptors (Lipinski definition) is 3. The number of rotatable bonds is 2. The van der Waals surface area contributed by atoms with Crippen LogP contribution in [-0.2, 0) is 11.8 Å². The number of nitrogens with zero attached hydrogens (tertiary/aromatic N) is 2. The van der Waals surface area contributed by atoms with Crippen molar-refractivity contribution in [3.05, 3.63) is 12.4 Å².